The molecule has 1 aromatic carbocycles. The number of carbonyl (C=O) groups excluding carboxylic acids is 1. The maximum Gasteiger partial charge on any atom is 0.293 e. The molecular formula is C14H21N3O3S. The van der Waals surface area contributed by atoms with Crippen molar-refractivity contribution in [3.8, 4) is 0 Å². The van der Waals surface area contributed by atoms with Crippen LogP contribution in [0.2, 0.25) is 0 Å². The first-order valence-corrected chi connectivity index (χ1v) is 8.29. The number of carbonyl (C=O) groups is 1. The van der Waals surface area contributed by atoms with E-state index in [0.29, 0.717) is 24.3 Å². The van der Waals surface area contributed by atoms with Crippen LogP contribution in [0.15, 0.2) is 18.2 Å². The first-order chi connectivity index (χ1) is 10.1. The van der Waals surface area contributed by atoms with Gasteiger partial charge in [0, 0.05) is 24.7 Å². The smallest absolute Gasteiger partial charge is 0.293 e. The molecule has 0 fully saturated rings. The fourth-order valence-corrected chi connectivity index (χ4v) is 2.33. The second kappa shape index (κ2) is 9.23. The standard InChI is InChI=1S/C14H21N3O3S/c1-3-15-12-7-6-11(10-13(12)17(19)20)14(18)16-8-4-5-9-21-2/h6-7,10,15H,3-5,8-9H2,1-2H3,(H,16,18). The van der Waals surface area contributed by atoms with E-state index >= 15 is 0 Å². The molecule has 0 aliphatic carbocycles. The normalized spacial score (nSPS) is 10.2. The third-order valence-electron chi connectivity index (χ3n) is 2.88. The largest absolute Gasteiger partial charge is 0.380 e. The summed E-state index contributed by atoms with van der Waals surface area (Å²) < 4.78 is 0. The van der Waals surface area contributed by atoms with Crippen LogP contribution >= 0.6 is 11.8 Å². The third-order valence-corrected chi connectivity index (χ3v) is 3.58. The van der Waals surface area contributed by atoms with Crippen molar-refractivity contribution in [2.75, 3.05) is 30.4 Å². The van der Waals surface area contributed by atoms with Gasteiger partial charge in [0.15, 0.2) is 0 Å². The molecule has 0 aromatic heterocycles. The van der Waals surface area contributed by atoms with Gasteiger partial charge >= 0.3 is 0 Å². The fraction of sp³-hybridized carbons (Fsp3) is 0.500. The molecule has 0 bridgehead atoms. The summed E-state index contributed by atoms with van der Waals surface area (Å²) in [7, 11) is 0. The lowest BCUT2D eigenvalue weighted by Gasteiger charge is -2.08. The van der Waals surface area contributed by atoms with Crippen molar-refractivity contribution >= 4 is 29.0 Å². The Morgan fingerprint density at radius 3 is 2.76 bits per heavy atom. The van der Waals surface area contributed by atoms with Gasteiger partial charge in [-0.15, -0.1) is 0 Å². The molecule has 0 saturated heterocycles. The lowest BCUT2D eigenvalue weighted by Crippen LogP contribution is -2.24. The molecule has 0 aliphatic rings. The average Bonchev–Trinajstić information content (AvgIpc) is 2.47. The van der Waals surface area contributed by atoms with Crippen molar-refractivity contribution in [1.82, 2.24) is 5.32 Å². The molecule has 21 heavy (non-hydrogen) atoms. The summed E-state index contributed by atoms with van der Waals surface area (Å²) in [6.45, 7) is 3.03. The van der Waals surface area contributed by atoms with Crippen LogP contribution < -0.4 is 10.6 Å². The Labute approximate surface area is 128 Å². The van der Waals surface area contributed by atoms with E-state index in [0.717, 1.165) is 18.6 Å². The van der Waals surface area contributed by atoms with E-state index in [1.165, 1.54) is 6.07 Å². The van der Waals surface area contributed by atoms with Crippen molar-refractivity contribution in [2.45, 2.75) is 19.8 Å². The lowest BCUT2D eigenvalue weighted by molar-refractivity contribution is -0.384. The van der Waals surface area contributed by atoms with Crippen LogP contribution in [-0.2, 0) is 0 Å². The van der Waals surface area contributed by atoms with Gasteiger partial charge in [0.2, 0.25) is 0 Å². The number of unbranched alkanes of at least 4 members (excludes halogenated alkanes) is 1. The number of nitrogens with one attached hydrogen (secondary N) is 2. The number of rotatable bonds is 9. The summed E-state index contributed by atoms with van der Waals surface area (Å²) in [6, 6.07) is 4.49. The van der Waals surface area contributed by atoms with Crippen molar-refractivity contribution < 1.29 is 9.72 Å². The lowest BCUT2D eigenvalue weighted by atomic mass is 10.1. The van der Waals surface area contributed by atoms with Gasteiger partial charge in [-0.2, -0.15) is 11.8 Å². The van der Waals surface area contributed by atoms with E-state index in [1.54, 1.807) is 23.9 Å². The molecule has 0 radical (unpaired) electrons. The Morgan fingerprint density at radius 2 is 2.14 bits per heavy atom. The number of nitrogens with zero attached hydrogens (tertiary/aromatic N) is 1. The molecule has 1 amide bonds. The van der Waals surface area contributed by atoms with Crippen LogP contribution in [0.5, 0.6) is 0 Å². The first kappa shape index (κ1) is 17.3. The molecule has 0 saturated carbocycles. The summed E-state index contributed by atoms with van der Waals surface area (Å²) in [5.74, 6) is 0.795. The van der Waals surface area contributed by atoms with Crippen LogP contribution in [0.4, 0.5) is 11.4 Å². The van der Waals surface area contributed by atoms with Crippen LogP contribution in [0.3, 0.4) is 0 Å². The number of hydrogen-bond donors (Lipinski definition) is 2. The Bertz CT molecular complexity index is 494. The van der Waals surface area contributed by atoms with E-state index in [2.05, 4.69) is 10.6 Å². The highest BCUT2D eigenvalue weighted by Gasteiger charge is 2.16. The van der Waals surface area contributed by atoms with Crippen molar-refractivity contribution in [1.29, 1.82) is 0 Å². The number of amides is 1. The van der Waals surface area contributed by atoms with Crippen LogP contribution in [-0.4, -0.2) is 35.9 Å². The number of benzene rings is 1. The zero-order valence-corrected chi connectivity index (χ0v) is 13.2. The minimum Gasteiger partial charge on any atom is -0.380 e. The number of nitro groups is 1. The zero-order chi connectivity index (χ0) is 15.7. The Kier molecular flexibility index (Phi) is 7.60. The van der Waals surface area contributed by atoms with Crippen molar-refractivity contribution in [3.63, 3.8) is 0 Å². The highest BCUT2D eigenvalue weighted by molar-refractivity contribution is 7.98. The van der Waals surface area contributed by atoms with Gasteiger partial charge in [0.1, 0.15) is 5.69 Å². The molecule has 1 aromatic rings. The van der Waals surface area contributed by atoms with Gasteiger partial charge in [-0.3, -0.25) is 14.9 Å². The van der Waals surface area contributed by atoms with Crippen LogP contribution in [0.1, 0.15) is 30.1 Å². The molecular weight excluding hydrogens is 290 g/mol. The van der Waals surface area contributed by atoms with E-state index in [4.69, 9.17) is 0 Å². The molecule has 0 unspecified atom stereocenters. The van der Waals surface area contributed by atoms with Gasteiger partial charge in [-0.05, 0) is 43.9 Å². The number of thioether (sulfide) groups is 1. The second-order valence-electron chi connectivity index (χ2n) is 4.48. The predicted octanol–water partition coefficient (Wildman–Crippen LogP) is 2.90. The summed E-state index contributed by atoms with van der Waals surface area (Å²) in [5, 5.41) is 16.7. The minimum absolute atomic E-state index is 0.0770. The summed E-state index contributed by atoms with van der Waals surface area (Å²) in [4.78, 5) is 22.5. The Balaban J connectivity index is 2.67. The molecule has 7 heteroatoms. The van der Waals surface area contributed by atoms with Gasteiger partial charge in [0.25, 0.3) is 11.6 Å². The van der Waals surface area contributed by atoms with Gasteiger partial charge in [0.05, 0.1) is 4.92 Å². The highest BCUT2D eigenvalue weighted by atomic mass is 32.2. The summed E-state index contributed by atoms with van der Waals surface area (Å²) in [5.41, 5.74) is 0.666. The van der Waals surface area contributed by atoms with E-state index in [9.17, 15) is 14.9 Å². The van der Waals surface area contributed by atoms with Crippen LogP contribution in [0, 0.1) is 10.1 Å². The molecule has 116 valence electrons. The number of anilines is 1. The van der Waals surface area contributed by atoms with E-state index < -0.39 is 4.92 Å². The number of nitro benzene ring substituents is 1. The molecule has 2 N–H and O–H groups in total. The second-order valence-corrected chi connectivity index (χ2v) is 5.46. The van der Waals surface area contributed by atoms with E-state index in [1.807, 2.05) is 13.2 Å². The van der Waals surface area contributed by atoms with Gasteiger partial charge < -0.3 is 10.6 Å². The maximum atomic E-state index is 12.0. The quantitative estimate of drug-likeness (QED) is 0.416. The predicted molar refractivity (Wildman–Crippen MR) is 87.2 cm³/mol. The molecule has 0 heterocycles. The monoisotopic (exact) mass is 311 g/mol. The Morgan fingerprint density at radius 1 is 1.38 bits per heavy atom. The molecule has 0 spiro atoms. The minimum atomic E-state index is -0.479. The molecule has 1 rings (SSSR count). The van der Waals surface area contributed by atoms with Crippen LogP contribution in [0.25, 0.3) is 0 Å². The fourth-order valence-electron chi connectivity index (χ4n) is 1.84. The topological polar surface area (TPSA) is 84.3 Å². The highest BCUT2D eigenvalue weighted by Crippen LogP contribution is 2.25. The van der Waals surface area contributed by atoms with E-state index in [-0.39, 0.29) is 11.6 Å². The summed E-state index contributed by atoms with van der Waals surface area (Å²) >= 11 is 1.77. The third kappa shape index (κ3) is 5.63. The SMILES string of the molecule is CCNc1ccc(C(=O)NCCCCSC)cc1[N+](=O)[O-]. The molecule has 6 nitrogen and oxygen atoms in total. The van der Waals surface area contributed by atoms with Crippen molar-refractivity contribution in [2.24, 2.45) is 0 Å². The zero-order valence-electron chi connectivity index (χ0n) is 12.3. The molecule has 0 aliphatic heterocycles. The molecule has 0 atom stereocenters. The van der Waals surface area contributed by atoms with Crippen molar-refractivity contribution in [3.05, 3.63) is 33.9 Å². The van der Waals surface area contributed by atoms with Gasteiger partial charge in [-0.25, -0.2) is 0 Å². The average molecular weight is 311 g/mol. The maximum absolute atomic E-state index is 12.0. The van der Waals surface area contributed by atoms with Gasteiger partial charge in [-0.1, -0.05) is 0 Å². The Hall–Kier alpha value is -1.76. The first-order valence-electron chi connectivity index (χ1n) is 6.89. The summed E-state index contributed by atoms with van der Waals surface area (Å²) in [6.07, 6.45) is 3.99. The number of hydrogen-bond acceptors (Lipinski definition) is 5.